The van der Waals surface area contributed by atoms with Crippen molar-refractivity contribution >= 4 is 23.4 Å². The Morgan fingerprint density at radius 1 is 0.867 bits per heavy atom. The van der Waals surface area contributed by atoms with Crippen LogP contribution in [-0.2, 0) is 6.42 Å². The lowest BCUT2D eigenvalue weighted by Gasteiger charge is -2.27. The van der Waals surface area contributed by atoms with E-state index >= 15 is 0 Å². The van der Waals surface area contributed by atoms with Gasteiger partial charge < -0.3 is 25.6 Å². The number of amides is 2. The van der Waals surface area contributed by atoms with Gasteiger partial charge in [0, 0.05) is 29.9 Å². The molecule has 6 rings (SSSR count). The first kappa shape index (κ1) is 29.8. The van der Waals surface area contributed by atoms with E-state index in [4.69, 9.17) is 9.72 Å². The molecule has 8 nitrogen and oxygen atoms in total. The van der Waals surface area contributed by atoms with Crippen LogP contribution in [0.25, 0.3) is 11.3 Å². The van der Waals surface area contributed by atoms with Gasteiger partial charge in [0.25, 0.3) is 0 Å². The van der Waals surface area contributed by atoms with Crippen LogP contribution in [0.3, 0.4) is 0 Å². The minimum Gasteiger partial charge on any atom is -0.455 e. The fourth-order valence-corrected chi connectivity index (χ4v) is 5.63. The number of fused-ring (bicyclic) bond motifs is 3. The molecule has 1 aliphatic rings. The van der Waals surface area contributed by atoms with Gasteiger partial charge in [-0.1, -0.05) is 66.7 Å². The average Bonchev–Trinajstić information content (AvgIpc) is 3.06. The van der Waals surface area contributed by atoms with Gasteiger partial charge in [0.15, 0.2) is 5.75 Å². The summed E-state index contributed by atoms with van der Waals surface area (Å²) in [6, 6.07) is 33.1. The van der Waals surface area contributed by atoms with Gasteiger partial charge in [-0.25, -0.2) is 14.8 Å². The number of unbranched alkanes of at least 4 members (excludes halogenated alkanes) is 1. The van der Waals surface area contributed by atoms with Gasteiger partial charge in [0.05, 0.1) is 11.4 Å². The Kier molecular flexibility index (Phi) is 9.32. The van der Waals surface area contributed by atoms with Gasteiger partial charge in [-0.15, -0.1) is 0 Å². The number of nitrogens with one attached hydrogen (secondary N) is 3. The predicted molar refractivity (Wildman–Crippen MR) is 181 cm³/mol. The Bertz CT molecular complexity index is 1740. The molecule has 45 heavy (non-hydrogen) atoms. The Morgan fingerprint density at radius 2 is 1.62 bits per heavy atom. The molecule has 1 aliphatic carbocycles. The number of nitrogens with zero attached hydrogens (tertiary/aromatic N) is 3. The van der Waals surface area contributed by atoms with E-state index in [0.29, 0.717) is 28.8 Å². The van der Waals surface area contributed by atoms with Crippen LogP contribution in [-0.4, -0.2) is 48.1 Å². The van der Waals surface area contributed by atoms with Crippen molar-refractivity contribution in [2.24, 2.45) is 0 Å². The highest BCUT2D eigenvalue weighted by Gasteiger charge is 2.27. The molecule has 0 spiro atoms. The molecule has 1 heterocycles. The van der Waals surface area contributed by atoms with Gasteiger partial charge in [-0.3, -0.25) is 0 Å². The number of benzene rings is 4. The van der Waals surface area contributed by atoms with E-state index in [1.165, 1.54) is 11.1 Å². The molecule has 3 N–H and O–H groups in total. The van der Waals surface area contributed by atoms with Crippen molar-refractivity contribution in [3.63, 3.8) is 0 Å². The highest BCUT2D eigenvalue weighted by molar-refractivity contribution is 6.00. The summed E-state index contributed by atoms with van der Waals surface area (Å²) in [7, 11) is 4.19. The maximum Gasteiger partial charge on any atom is 0.323 e. The summed E-state index contributed by atoms with van der Waals surface area (Å²) in [6.45, 7) is 1.92. The molecule has 5 aromatic rings. The molecule has 0 fully saturated rings. The van der Waals surface area contributed by atoms with E-state index < -0.39 is 0 Å². The van der Waals surface area contributed by atoms with E-state index in [0.717, 1.165) is 49.2 Å². The van der Waals surface area contributed by atoms with Crippen molar-refractivity contribution in [2.45, 2.75) is 25.2 Å². The largest absolute Gasteiger partial charge is 0.455 e. The SMILES string of the molecule is CN(C)CCCCNc1ncc2c(n1)-c1ccccc1C(c1ccc(NC(=O)Nc3ccccc3Oc3ccccc3)cc1)C2. The number of anilines is 3. The Morgan fingerprint density at radius 3 is 2.44 bits per heavy atom. The number of aromatic nitrogens is 2. The molecule has 4 aromatic carbocycles. The third-order valence-corrected chi connectivity index (χ3v) is 7.87. The predicted octanol–water partition coefficient (Wildman–Crippen LogP) is 8.02. The highest BCUT2D eigenvalue weighted by Crippen LogP contribution is 2.42. The second-order valence-corrected chi connectivity index (χ2v) is 11.5. The first-order valence-corrected chi connectivity index (χ1v) is 15.4. The Hall–Kier alpha value is -5.21. The number of hydrogen-bond donors (Lipinski definition) is 3. The van der Waals surface area contributed by atoms with Crippen molar-refractivity contribution in [3.8, 4) is 22.8 Å². The summed E-state index contributed by atoms with van der Waals surface area (Å²) in [4.78, 5) is 24.7. The monoisotopic (exact) mass is 598 g/mol. The first-order valence-electron chi connectivity index (χ1n) is 15.4. The first-order chi connectivity index (χ1) is 22.0. The summed E-state index contributed by atoms with van der Waals surface area (Å²) in [5.74, 6) is 2.10. The minimum atomic E-state index is -0.344. The van der Waals surface area contributed by atoms with Crippen LogP contribution in [0.4, 0.5) is 22.1 Å². The van der Waals surface area contributed by atoms with Gasteiger partial charge in [-0.2, -0.15) is 0 Å². The van der Waals surface area contributed by atoms with E-state index in [1.54, 1.807) is 0 Å². The van der Waals surface area contributed by atoms with Crippen molar-refractivity contribution in [2.75, 3.05) is 43.1 Å². The molecular weight excluding hydrogens is 560 g/mol. The molecule has 1 atom stereocenters. The zero-order chi connectivity index (χ0) is 31.0. The molecule has 0 bridgehead atoms. The fraction of sp³-hybridized carbons (Fsp3) is 0.216. The van der Waals surface area contributed by atoms with Crippen LogP contribution in [0.2, 0.25) is 0 Å². The second-order valence-electron chi connectivity index (χ2n) is 11.5. The Balaban J connectivity index is 1.11. The highest BCUT2D eigenvalue weighted by atomic mass is 16.5. The summed E-state index contributed by atoms with van der Waals surface area (Å²) in [5.41, 5.74) is 6.97. The van der Waals surface area contributed by atoms with Crippen LogP contribution in [0.5, 0.6) is 11.5 Å². The Labute approximate surface area is 264 Å². The van der Waals surface area contributed by atoms with E-state index in [1.807, 2.05) is 72.9 Å². The van der Waals surface area contributed by atoms with Gasteiger partial charge in [-0.05, 0) is 93.0 Å². The van der Waals surface area contributed by atoms with Crippen LogP contribution in [0, 0.1) is 0 Å². The molecule has 8 heteroatoms. The van der Waals surface area contributed by atoms with Crippen molar-refractivity contribution in [1.29, 1.82) is 0 Å². The summed E-state index contributed by atoms with van der Waals surface area (Å²) >= 11 is 0. The zero-order valence-corrected chi connectivity index (χ0v) is 25.7. The van der Waals surface area contributed by atoms with Crippen molar-refractivity contribution in [3.05, 3.63) is 126 Å². The summed E-state index contributed by atoms with van der Waals surface area (Å²) in [5, 5.41) is 9.27. The molecule has 2 amide bonds. The van der Waals surface area contributed by atoms with E-state index in [2.05, 4.69) is 76.3 Å². The second kappa shape index (κ2) is 14.1. The average molecular weight is 599 g/mol. The van der Waals surface area contributed by atoms with Crippen LogP contribution in [0.1, 0.15) is 35.4 Å². The number of urea groups is 1. The fourth-order valence-electron chi connectivity index (χ4n) is 5.63. The molecule has 0 saturated heterocycles. The van der Waals surface area contributed by atoms with Gasteiger partial charge in [0.2, 0.25) is 5.95 Å². The zero-order valence-electron chi connectivity index (χ0n) is 25.7. The van der Waals surface area contributed by atoms with E-state index in [9.17, 15) is 4.79 Å². The molecule has 1 unspecified atom stereocenters. The summed E-state index contributed by atoms with van der Waals surface area (Å²) < 4.78 is 5.98. The van der Waals surface area contributed by atoms with Gasteiger partial charge in [0.1, 0.15) is 5.75 Å². The van der Waals surface area contributed by atoms with Crippen LogP contribution in [0.15, 0.2) is 109 Å². The van der Waals surface area contributed by atoms with Crippen LogP contribution >= 0.6 is 0 Å². The normalized spacial score (nSPS) is 13.4. The van der Waals surface area contributed by atoms with Crippen LogP contribution < -0.4 is 20.7 Å². The maximum absolute atomic E-state index is 12.9. The number of para-hydroxylation sites is 3. The molecule has 228 valence electrons. The lowest BCUT2D eigenvalue weighted by atomic mass is 9.78. The lowest BCUT2D eigenvalue weighted by molar-refractivity contribution is 0.262. The van der Waals surface area contributed by atoms with E-state index in [-0.39, 0.29) is 11.9 Å². The molecular formula is C37H38N6O2. The molecule has 0 radical (unpaired) electrons. The van der Waals surface area contributed by atoms with Crippen molar-refractivity contribution in [1.82, 2.24) is 14.9 Å². The number of rotatable bonds is 11. The van der Waals surface area contributed by atoms with Gasteiger partial charge >= 0.3 is 6.03 Å². The van der Waals surface area contributed by atoms with Crippen molar-refractivity contribution < 1.29 is 9.53 Å². The minimum absolute atomic E-state index is 0.159. The number of ether oxygens (including phenoxy) is 1. The standard InChI is InChI=1S/C37H38N6O2/c1-43(2)23-11-10-22-38-36-39-25-27-24-32(30-14-6-7-15-31(30)35(27)42-36)26-18-20-28(21-19-26)40-37(44)41-33-16-8-9-17-34(33)45-29-12-4-3-5-13-29/h3-9,12-21,25,32H,10-11,22-24H2,1-2H3,(H,38,39,42)(H2,40,41,44). The molecule has 1 aromatic heterocycles. The molecule has 0 saturated carbocycles. The quantitative estimate of drug-likeness (QED) is 0.133. The number of carbonyl (C=O) groups is 1. The third-order valence-electron chi connectivity index (χ3n) is 7.87. The third kappa shape index (κ3) is 7.48. The molecule has 0 aliphatic heterocycles. The maximum atomic E-state index is 12.9. The summed E-state index contributed by atoms with van der Waals surface area (Å²) in [6.07, 6.45) is 4.97. The lowest BCUT2D eigenvalue weighted by Crippen LogP contribution is -2.20. The topological polar surface area (TPSA) is 91.4 Å². The number of hydrogen-bond acceptors (Lipinski definition) is 6. The number of carbonyl (C=O) groups excluding carboxylic acids is 1. The smallest absolute Gasteiger partial charge is 0.323 e.